The van der Waals surface area contributed by atoms with E-state index in [2.05, 4.69) is 20.9 Å². The molecule has 0 saturated carbocycles. The van der Waals surface area contributed by atoms with E-state index in [9.17, 15) is 0 Å². The highest BCUT2D eigenvalue weighted by Crippen LogP contribution is 2.24. The number of H-pyrrole nitrogens is 1. The van der Waals surface area contributed by atoms with Gasteiger partial charge in [0.15, 0.2) is 0 Å². The van der Waals surface area contributed by atoms with Gasteiger partial charge in [0.25, 0.3) is 0 Å². The van der Waals surface area contributed by atoms with Gasteiger partial charge < -0.3 is 10.7 Å². The van der Waals surface area contributed by atoms with Crippen molar-refractivity contribution in [1.82, 2.24) is 4.98 Å². The van der Waals surface area contributed by atoms with Crippen LogP contribution < -0.4 is 5.73 Å². The number of nitrogen functional groups attached to an aromatic ring is 1. The van der Waals surface area contributed by atoms with E-state index in [4.69, 9.17) is 5.73 Å². The number of aromatic amines is 1. The topological polar surface area (TPSA) is 41.8 Å². The van der Waals surface area contributed by atoms with Gasteiger partial charge >= 0.3 is 0 Å². The summed E-state index contributed by atoms with van der Waals surface area (Å²) in [6.07, 6.45) is 1.91. The second-order valence-electron chi connectivity index (χ2n) is 2.44. The van der Waals surface area contributed by atoms with Crippen molar-refractivity contribution in [3.63, 3.8) is 0 Å². The van der Waals surface area contributed by atoms with Gasteiger partial charge in [-0.3, -0.25) is 0 Å². The summed E-state index contributed by atoms with van der Waals surface area (Å²) in [4.78, 5) is 3.11. The number of hydrogen-bond acceptors (Lipinski definition) is 1. The molecule has 0 fully saturated rings. The summed E-state index contributed by atoms with van der Waals surface area (Å²) in [5.74, 6) is 0. The molecule has 0 radical (unpaired) electrons. The van der Waals surface area contributed by atoms with Crippen molar-refractivity contribution < 1.29 is 0 Å². The second kappa shape index (κ2) is 2.27. The maximum atomic E-state index is 5.62. The van der Waals surface area contributed by atoms with Crippen molar-refractivity contribution in [2.24, 2.45) is 0 Å². The molecule has 3 heteroatoms. The van der Waals surface area contributed by atoms with Gasteiger partial charge in [-0.05, 0) is 34.1 Å². The molecule has 0 aliphatic rings. The lowest BCUT2D eigenvalue weighted by molar-refractivity contribution is 1.47. The van der Waals surface area contributed by atoms with Crippen LogP contribution in [0.15, 0.2) is 28.9 Å². The number of nitrogens with one attached hydrogen (secondary N) is 1. The first-order chi connectivity index (χ1) is 5.27. The fourth-order valence-electron chi connectivity index (χ4n) is 1.10. The Kier molecular flexibility index (Phi) is 1.39. The van der Waals surface area contributed by atoms with Gasteiger partial charge in [-0.25, -0.2) is 0 Å². The molecule has 1 aromatic carbocycles. The number of benzene rings is 1. The summed E-state index contributed by atoms with van der Waals surface area (Å²) in [6.45, 7) is 0. The molecule has 0 bridgehead atoms. The van der Waals surface area contributed by atoms with Crippen molar-refractivity contribution in [1.29, 1.82) is 0 Å². The van der Waals surface area contributed by atoms with Crippen LogP contribution in [0.2, 0.25) is 0 Å². The van der Waals surface area contributed by atoms with Crippen LogP contribution in [0.5, 0.6) is 0 Å². The molecule has 0 amide bonds. The zero-order chi connectivity index (χ0) is 7.84. The van der Waals surface area contributed by atoms with Gasteiger partial charge in [-0.15, -0.1) is 0 Å². The number of nitrogens with two attached hydrogens (primary N) is 1. The van der Waals surface area contributed by atoms with Crippen molar-refractivity contribution in [3.8, 4) is 0 Å². The largest absolute Gasteiger partial charge is 0.399 e. The molecule has 0 atom stereocenters. The molecule has 0 aliphatic heterocycles. The van der Waals surface area contributed by atoms with E-state index < -0.39 is 0 Å². The summed E-state index contributed by atoms with van der Waals surface area (Å²) in [6, 6.07) is 5.79. The minimum absolute atomic E-state index is 0.790. The van der Waals surface area contributed by atoms with Gasteiger partial charge in [-0.1, -0.05) is 0 Å². The van der Waals surface area contributed by atoms with Crippen LogP contribution >= 0.6 is 15.9 Å². The first-order valence-electron chi connectivity index (χ1n) is 3.29. The summed E-state index contributed by atoms with van der Waals surface area (Å²) in [7, 11) is 0. The first-order valence-corrected chi connectivity index (χ1v) is 4.09. The van der Waals surface area contributed by atoms with E-state index in [1.54, 1.807) is 0 Å². The zero-order valence-electron chi connectivity index (χ0n) is 5.76. The molecular weight excluding hydrogens is 204 g/mol. The normalized spacial score (nSPS) is 10.6. The number of fused-ring (bicyclic) bond motifs is 1. The van der Waals surface area contributed by atoms with Gasteiger partial charge in [0.05, 0.1) is 0 Å². The monoisotopic (exact) mass is 210 g/mol. The van der Waals surface area contributed by atoms with Crippen molar-refractivity contribution >= 4 is 32.5 Å². The number of hydrogen-bond donors (Lipinski definition) is 2. The van der Waals surface area contributed by atoms with E-state index in [1.807, 2.05) is 24.4 Å². The van der Waals surface area contributed by atoms with Crippen molar-refractivity contribution in [2.45, 2.75) is 0 Å². The Hall–Kier alpha value is -0.960. The molecule has 2 nitrogen and oxygen atoms in total. The van der Waals surface area contributed by atoms with Gasteiger partial charge in [0.2, 0.25) is 0 Å². The lowest BCUT2D eigenvalue weighted by Crippen LogP contribution is -1.81. The Balaban J connectivity index is 2.87. The third kappa shape index (κ3) is 1.01. The predicted octanol–water partition coefficient (Wildman–Crippen LogP) is 2.51. The van der Waals surface area contributed by atoms with Crippen LogP contribution in [0.4, 0.5) is 5.69 Å². The molecule has 0 spiro atoms. The van der Waals surface area contributed by atoms with E-state index in [-0.39, 0.29) is 0 Å². The number of rotatable bonds is 0. The molecule has 0 unspecified atom stereocenters. The number of halogens is 1. The minimum atomic E-state index is 0.790. The zero-order valence-corrected chi connectivity index (χ0v) is 7.35. The Bertz CT molecular complexity index is 392. The molecule has 3 N–H and O–H groups in total. The van der Waals surface area contributed by atoms with Crippen LogP contribution in [0, 0.1) is 0 Å². The van der Waals surface area contributed by atoms with Crippen LogP contribution in [-0.2, 0) is 0 Å². The molecule has 1 aromatic heterocycles. The highest BCUT2D eigenvalue weighted by atomic mass is 79.9. The molecule has 2 aromatic rings. The highest BCUT2D eigenvalue weighted by molar-refractivity contribution is 9.10. The summed E-state index contributed by atoms with van der Waals surface area (Å²) < 4.78 is 1.06. The molecule has 56 valence electrons. The van der Waals surface area contributed by atoms with Crippen molar-refractivity contribution in [2.75, 3.05) is 5.73 Å². The standard InChI is InChI=1S/C8H7BrN2/c9-7-4-11-8-2-1-5(10)3-6(7)8/h1-4,11H,10H2. The smallest absolute Gasteiger partial charge is 0.0467 e. The Labute approximate surface area is 72.5 Å². The quantitative estimate of drug-likeness (QED) is 0.646. The van der Waals surface area contributed by atoms with E-state index in [1.165, 1.54) is 0 Å². The lowest BCUT2D eigenvalue weighted by Gasteiger charge is -1.92. The Morgan fingerprint density at radius 3 is 3.00 bits per heavy atom. The second-order valence-corrected chi connectivity index (χ2v) is 3.30. The fourth-order valence-corrected chi connectivity index (χ4v) is 1.55. The third-order valence-electron chi connectivity index (χ3n) is 1.66. The molecule has 0 saturated heterocycles. The lowest BCUT2D eigenvalue weighted by atomic mass is 10.2. The molecule has 1 heterocycles. The van der Waals surface area contributed by atoms with Crippen LogP contribution in [0.3, 0.4) is 0 Å². The van der Waals surface area contributed by atoms with Crippen LogP contribution in [-0.4, -0.2) is 4.98 Å². The minimum Gasteiger partial charge on any atom is -0.399 e. The Morgan fingerprint density at radius 2 is 2.18 bits per heavy atom. The van der Waals surface area contributed by atoms with E-state index in [0.717, 1.165) is 21.1 Å². The van der Waals surface area contributed by atoms with Gasteiger partial charge in [0.1, 0.15) is 0 Å². The van der Waals surface area contributed by atoms with Crippen LogP contribution in [0.1, 0.15) is 0 Å². The average molecular weight is 211 g/mol. The maximum absolute atomic E-state index is 5.62. The molecular formula is C8H7BrN2. The molecule has 2 rings (SSSR count). The van der Waals surface area contributed by atoms with Gasteiger partial charge in [0, 0.05) is 27.3 Å². The first kappa shape index (κ1) is 6.73. The molecule has 11 heavy (non-hydrogen) atoms. The van der Waals surface area contributed by atoms with Gasteiger partial charge in [-0.2, -0.15) is 0 Å². The SMILES string of the molecule is Nc1ccc2[nH]cc(Br)c2c1. The highest BCUT2D eigenvalue weighted by Gasteiger charge is 1.98. The summed E-state index contributed by atoms with van der Waals surface area (Å²) >= 11 is 3.41. The molecule has 0 aliphatic carbocycles. The van der Waals surface area contributed by atoms with Crippen LogP contribution in [0.25, 0.3) is 10.9 Å². The fraction of sp³-hybridized carbons (Fsp3) is 0. The Morgan fingerprint density at radius 1 is 1.36 bits per heavy atom. The predicted molar refractivity (Wildman–Crippen MR) is 50.4 cm³/mol. The number of anilines is 1. The summed E-state index contributed by atoms with van der Waals surface area (Å²) in [5, 5.41) is 1.13. The third-order valence-corrected chi connectivity index (χ3v) is 2.31. The summed E-state index contributed by atoms with van der Waals surface area (Å²) in [5.41, 5.74) is 7.51. The number of aromatic nitrogens is 1. The van der Waals surface area contributed by atoms with E-state index in [0.29, 0.717) is 0 Å². The average Bonchev–Trinajstić information content (AvgIpc) is 2.33. The van der Waals surface area contributed by atoms with E-state index >= 15 is 0 Å². The van der Waals surface area contributed by atoms with Crippen molar-refractivity contribution in [3.05, 3.63) is 28.9 Å². The maximum Gasteiger partial charge on any atom is 0.0467 e.